The molecule has 28 heavy (non-hydrogen) atoms. The van der Waals surface area contributed by atoms with E-state index in [0.717, 1.165) is 23.5 Å². The van der Waals surface area contributed by atoms with Crippen LogP contribution >= 0.6 is 22.9 Å². The summed E-state index contributed by atoms with van der Waals surface area (Å²) in [6.07, 6.45) is 0. The van der Waals surface area contributed by atoms with E-state index in [1.165, 1.54) is 24.3 Å². The molecule has 144 valence electrons. The molecule has 0 atom stereocenters. The zero-order valence-corrected chi connectivity index (χ0v) is 15.6. The standard InChI is InChI=1S/C18H12ClF2N3O3S/c19-10-2-4-15(11(6-10)17(22)26)27-7-16(25)24-18-23-14(8-28-18)9-1-3-12(20)13(21)5-9/h1-6,8H,7H2,(H2,22,26)(H,23,24,25). The lowest BCUT2D eigenvalue weighted by Crippen LogP contribution is -2.21. The van der Waals surface area contributed by atoms with Crippen molar-refractivity contribution >= 4 is 39.9 Å². The molecule has 0 saturated heterocycles. The summed E-state index contributed by atoms with van der Waals surface area (Å²) in [6.45, 7) is -0.401. The van der Waals surface area contributed by atoms with Gasteiger partial charge in [-0.15, -0.1) is 11.3 Å². The Morgan fingerprint density at radius 1 is 1.18 bits per heavy atom. The summed E-state index contributed by atoms with van der Waals surface area (Å²) in [6, 6.07) is 7.67. The third-order valence-electron chi connectivity index (χ3n) is 3.53. The van der Waals surface area contributed by atoms with Crippen molar-refractivity contribution in [2.45, 2.75) is 0 Å². The van der Waals surface area contributed by atoms with E-state index in [1.54, 1.807) is 5.38 Å². The third-order valence-corrected chi connectivity index (χ3v) is 4.52. The Bertz CT molecular complexity index is 1060. The molecule has 0 saturated carbocycles. The molecule has 0 aliphatic rings. The van der Waals surface area contributed by atoms with E-state index in [1.807, 2.05) is 0 Å². The van der Waals surface area contributed by atoms with Gasteiger partial charge < -0.3 is 10.5 Å². The number of carbonyl (C=O) groups excluding carboxylic acids is 2. The van der Waals surface area contributed by atoms with E-state index in [2.05, 4.69) is 10.3 Å². The second kappa shape index (κ2) is 8.32. The van der Waals surface area contributed by atoms with Gasteiger partial charge in [0.1, 0.15) is 5.75 Å². The molecule has 0 aliphatic carbocycles. The molecule has 1 heterocycles. The molecule has 0 radical (unpaired) electrons. The van der Waals surface area contributed by atoms with Crippen LogP contribution in [0.25, 0.3) is 11.3 Å². The van der Waals surface area contributed by atoms with Gasteiger partial charge in [0.15, 0.2) is 23.4 Å². The number of hydrogen-bond acceptors (Lipinski definition) is 5. The first-order valence-electron chi connectivity index (χ1n) is 7.76. The molecule has 0 spiro atoms. The maximum atomic E-state index is 13.3. The summed E-state index contributed by atoms with van der Waals surface area (Å²) in [5, 5.41) is 4.67. The van der Waals surface area contributed by atoms with E-state index >= 15 is 0 Å². The summed E-state index contributed by atoms with van der Waals surface area (Å²) < 4.78 is 31.7. The molecule has 1 aromatic heterocycles. The molecule has 2 aromatic carbocycles. The Morgan fingerprint density at radius 3 is 2.68 bits per heavy atom. The highest BCUT2D eigenvalue weighted by atomic mass is 35.5. The maximum Gasteiger partial charge on any atom is 0.264 e. The van der Waals surface area contributed by atoms with Gasteiger partial charge >= 0.3 is 0 Å². The Morgan fingerprint density at radius 2 is 1.96 bits per heavy atom. The number of hydrogen-bond donors (Lipinski definition) is 2. The highest BCUT2D eigenvalue weighted by Crippen LogP contribution is 2.26. The summed E-state index contributed by atoms with van der Waals surface area (Å²) in [4.78, 5) is 27.6. The highest BCUT2D eigenvalue weighted by Gasteiger charge is 2.14. The van der Waals surface area contributed by atoms with E-state index in [9.17, 15) is 18.4 Å². The molecule has 3 N–H and O–H groups in total. The fraction of sp³-hybridized carbons (Fsp3) is 0.0556. The summed E-state index contributed by atoms with van der Waals surface area (Å²) >= 11 is 6.92. The van der Waals surface area contributed by atoms with Gasteiger partial charge in [-0.2, -0.15) is 0 Å². The van der Waals surface area contributed by atoms with Gasteiger partial charge in [0.2, 0.25) is 0 Å². The number of carbonyl (C=O) groups is 2. The first-order chi connectivity index (χ1) is 13.3. The van der Waals surface area contributed by atoms with Crippen LogP contribution in [0, 0.1) is 11.6 Å². The summed E-state index contributed by atoms with van der Waals surface area (Å²) in [5.41, 5.74) is 6.06. The van der Waals surface area contributed by atoms with Gasteiger partial charge in [-0.1, -0.05) is 11.6 Å². The summed E-state index contributed by atoms with van der Waals surface area (Å²) in [7, 11) is 0. The third kappa shape index (κ3) is 4.62. The Kier molecular flexibility index (Phi) is 5.86. The molecule has 10 heteroatoms. The second-order valence-corrected chi connectivity index (χ2v) is 6.80. The quantitative estimate of drug-likeness (QED) is 0.629. The van der Waals surface area contributed by atoms with Crippen molar-refractivity contribution < 1.29 is 23.1 Å². The molecule has 0 fully saturated rings. The lowest BCUT2D eigenvalue weighted by atomic mass is 10.2. The topological polar surface area (TPSA) is 94.3 Å². The first-order valence-corrected chi connectivity index (χ1v) is 9.02. The number of rotatable bonds is 6. The van der Waals surface area contributed by atoms with Crippen molar-refractivity contribution in [2.75, 3.05) is 11.9 Å². The van der Waals surface area contributed by atoms with Crippen LogP contribution in [-0.4, -0.2) is 23.4 Å². The smallest absolute Gasteiger partial charge is 0.264 e. The van der Waals surface area contributed by atoms with Crippen LogP contribution in [0.2, 0.25) is 5.02 Å². The van der Waals surface area contributed by atoms with Crippen LogP contribution in [0.4, 0.5) is 13.9 Å². The second-order valence-electron chi connectivity index (χ2n) is 5.51. The fourth-order valence-corrected chi connectivity index (χ4v) is 3.15. The molecular weight excluding hydrogens is 412 g/mol. The average molecular weight is 424 g/mol. The molecule has 0 aliphatic heterocycles. The van der Waals surface area contributed by atoms with Crippen LogP contribution in [-0.2, 0) is 4.79 Å². The predicted molar refractivity (Wildman–Crippen MR) is 102 cm³/mol. The maximum absolute atomic E-state index is 13.3. The molecular formula is C18H12ClF2N3O3S. The van der Waals surface area contributed by atoms with Crippen molar-refractivity contribution in [1.29, 1.82) is 0 Å². The number of aromatic nitrogens is 1. The number of amides is 2. The minimum atomic E-state index is -0.988. The van der Waals surface area contributed by atoms with Gasteiger partial charge in [0.05, 0.1) is 11.3 Å². The first kappa shape index (κ1) is 19.7. The van der Waals surface area contributed by atoms with Gasteiger partial charge in [0.25, 0.3) is 11.8 Å². The number of nitrogens with one attached hydrogen (secondary N) is 1. The van der Waals surface area contributed by atoms with Crippen LogP contribution in [0.3, 0.4) is 0 Å². The predicted octanol–water partition coefficient (Wildman–Crippen LogP) is 3.86. The molecule has 3 rings (SSSR count). The van der Waals surface area contributed by atoms with E-state index in [4.69, 9.17) is 22.1 Å². The minimum absolute atomic E-state index is 0.0511. The Labute approximate surface area is 166 Å². The van der Waals surface area contributed by atoms with Crippen molar-refractivity contribution in [3.05, 3.63) is 64.0 Å². The number of nitrogens with two attached hydrogens (primary N) is 1. The van der Waals surface area contributed by atoms with E-state index in [0.29, 0.717) is 16.3 Å². The fourth-order valence-electron chi connectivity index (χ4n) is 2.24. The Balaban J connectivity index is 1.64. The normalized spacial score (nSPS) is 10.5. The van der Waals surface area contributed by atoms with Crippen LogP contribution in [0.1, 0.15) is 10.4 Å². The number of ether oxygens (including phenoxy) is 1. The molecule has 0 bridgehead atoms. The van der Waals surface area contributed by atoms with E-state index in [-0.39, 0.29) is 16.4 Å². The van der Waals surface area contributed by atoms with Gasteiger partial charge in [-0.25, -0.2) is 13.8 Å². The van der Waals surface area contributed by atoms with Gasteiger partial charge in [-0.3, -0.25) is 14.9 Å². The lowest BCUT2D eigenvalue weighted by molar-refractivity contribution is -0.118. The number of nitrogens with zero attached hydrogens (tertiary/aromatic N) is 1. The molecule has 3 aromatic rings. The molecule has 0 unspecified atom stereocenters. The van der Waals surface area contributed by atoms with Crippen LogP contribution in [0.5, 0.6) is 5.75 Å². The number of primary amides is 1. The largest absolute Gasteiger partial charge is 0.483 e. The zero-order chi connectivity index (χ0) is 20.3. The minimum Gasteiger partial charge on any atom is -0.483 e. The number of thiazole rings is 1. The number of anilines is 1. The van der Waals surface area contributed by atoms with Crippen molar-refractivity contribution in [3.63, 3.8) is 0 Å². The number of benzene rings is 2. The van der Waals surface area contributed by atoms with Gasteiger partial charge in [0, 0.05) is 16.0 Å². The molecule has 6 nitrogen and oxygen atoms in total. The average Bonchev–Trinajstić information content (AvgIpc) is 3.11. The van der Waals surface area contributed by atoms with Crippen molar-refractivity contribution in [1.82, 2.24) is 4.98 Å². The lowest BCUT2D eigenvalue weighted by Gasteiger charge is -2.09. The van der Waals surface area contributed by atoms with Crippen molar-refractivity contribution in [2.24, 2.45) is 5.73 Å². The highest BCUT2D eigenvalue weighted by molar-refractivity contribution is 7.14. The SMILES string of the molecule is NC(=O)c1cc(Cl)ccc1OCC(=O)Nc1nc(-c2ccc(F)c(F)c2)cs1. The summed E-state index contributed by atoms with van der Waals surface area (Å²) in [5.74, 6) is -3.10. The van der Waals surface area contributed by atoms with Gasteiger partial charge in [-0.05, 0) is 36.4 Å². The number of halogens is 3. The molecule has 2 amide bonds. The zero-order valence-electron chi connectivity index (χ0n) is 14.0. The Hall–Kier alpha value is -3.04. The monoisotopic (exact) mass is 423 g/mol. The van der Waals surface area contributed by atoms with Crippen molar-refractivity contribution in [3.8, 4) is 17.0 Å². The van der Waals surface area contributed by atoms with Crippen LogP contribution < -0.4 is 15.8 Å². The van der Waals surface area contributed by atoms with Crippen LogP contribution in [0.15, 0.2) is 41.8 Å². The van der Waals surface area contributed by atoms with E-state index < -0.39 is 30.1 Å².